The van der Waals surface area contributed by atoms with E-state index in [-0.39, 0.29) is 17.2 Å². The summed E-state index contributed by atoms with van der Waals surface area (Å²) in [6.45, 7) is 0. The number of fused-ring (bicyclic) bond motifs is 1. The second kappa shape index (κ2) is 6.96. The molecule has 0 saturated heterocycles. The maximum Gasteiger partial charge on any atom is 0.416 e. The van der Waals surface area contributed by atoms with Crippen LogP contribution in [0.2, 0.25) is 0 Å². The standard InChI is InChI=1S/C22H13F3N2O2/c23-22(24,25)14-6-5-7-15(12-14)26-20-18-10-3-4-11-19(18)27(21(20)29)16-8-1-2-9-17(28)13-16/h1-12,28H. The normalized spacial score (nSPS) is 17.3. The van der Waals surface area contributed by atoms with Gasteiger partial charge in [-0.25, -0.2) is 4.99 Å². The summed E-state index contributed by atoms with van der Waals surface area (Å²) in [5, 5.41) is 9.85. The number of hydrogen-bond acceptors (Lipinski definition) is 3. The molecule has 0 unspecified atom stereocenters. The lowest BCUT2D eigenvalue weighted by molar-refractivity contribution is -0.137. The van der Waals surface area contributed by atoms with Gasteiger partial charge < -0.3 is 5.11 Å². The number of aliphatic hydroxyl groups is 1. The van der Waals surface area contributed by atoms with Crippen molar-refractivity contribution >= 4 is 23.0 Å². The molecule has 29 heavy (non-hydrogen) atoms. The molecule has 1 N–H and O–H groups in total. The summed E-state index contributed by atoms with van der Waals surface area (Å²) in [4.78, 5) is 18.7. The minimum atomic E-state index is -4.51. The molecule has 1 heterocycles. The van der Waals surface area contributed by atoms with Crippen LogP contribution in [0.1, 0.15) is 11.1 Å². The second-order valence-corrected chi connectivity index (χ2v) is 6.28. The topological polar surface area (TPSA) is 52.9 Å². The van der Waals surface area contributed by atoms with Gasteiger partial charge in [0.2, 0.25) is 0 Å². The van der Waals surface area contributed by atoms with Crippen molar-refractivity contribution in [3.8, 4) is 0 Å². The molecule has 2 aromatic carbocycles. The van der Waals surface area contributed by atoms with E-state index in [0.717, 1.165) is 12.1 Å². The van der Waals surface area contributed by atoms with Gasteiger partial charge in [-0.15, -0.1) is 0 Å². The Morgan fingerprint density at radius 2 is 1.76 bits per heavy atom. The number of alkyl halides is 3. The number of halogens is 3. The van der Waals surface area contributed by atoms with Crippen LogP contribution in [0.15, 0.2) is 95.0 Å². The number of aliphatic imine (C=N–C) groups is 1. The molecule has 0 aromatic heterocycles. The van der Waals surface area contributed by atoms with Gasteiger partial charge in [0.1, 0.15) is 5.71 Å². The van der Waals surface area contributed by atoms with E-state index in [1.165, 1.54) is 23.1 Å². The highest BCUT2D eigenvalue weighted by Gasteiger charge is 2.36. The van der Waals surface area contributed by atoms with E-state index in [9.17, 15) is 23.1 Å². The molecule has 7 heteroatoms. The third kappa shape index (κ3) is 3.51. The molecular formula is C22H13F3N2O2. The number of allylic oxidation sites excluding steroid dienone is 3. The average molecular weight is 394 g/mol. The van der Waals surface area contributed by atoms with Crippen molar-refractivity contribution in [2.75, 3.05) is 4.90 Å². The number of aliphatic hydroxyl groups excluding tert-OH is 1. The Bertz CT molecular complexity index is 1170. The van der Waals surface area contributed by atoms with Gasteiger partial charge in [-0.05, 0) is 42.1 Å². The fraction of sp³-hybridized carbons (Fsp3) is 0.0455. The Hall–Kier alpha value is -3.83. The Morgan fingerprint density at radius 1 is 1.00 bits per heavy atom. The largest absolute Gasteiger partial charge is 0.501 e. The van der Waals surface area contributed by atoms with Gasteiger partial charge in [0.15, 0.2) is 5.76 Å². The summed E-state index contributed by atoms with van der Waals surface area (Å²) in [5.74, 6) is -0.677. The smallest absolute Gasteiger partial charge is 0.416 e. The first kappa shape index (κ1) is 18.5. The molecule has 0 bridgehead atoms. The van der Waals surface area contributed by atoms with E-state index >= 15 is 0 Å². The second-order valence-electron chi connectivity index (χ2n) is 6.28. The third-order valence-electron chi connectivity index (χ3n) is 4.34. The summed E-state index contributed by atoms with van der Waals surface area (Å²) in [6.07, 6.45) is 1.75. The number of nitrogens with zero attached hydrogens (tertiary/aromatic N) is 2. The Kier molecular flexibility index (Phi) is 4.45. The summed E-state index contributed by atoms with van der Waals surface area (Å²) in [7, 11) is 0. The van der Waals surface area contributed by atoms with Gasteiger partial charge in [0.05, 0.1) is 22.6 Å². The molecule has 1 amide bonds. The van der Waals surface area contributed by atoms with Crippen LogP contribution in [0.5, 0.6) is 0 Å². The van der Waals surface area contributed by atoms with Crippen molar-refractivity contribution in [3.05, 3.63) is 101 Å². The van der Waals surface area contributed by atoms with Gasteiger partial charge in [0.25, 0.3) is 5.91 Å². The predicted molar refractivity (Wildman–Crippen MR) is 103 cm³/mol. The fourth-order valence-corrected chi connectivity index (χ4v) is 3.07. The molecule has 2 aromatic rings. The molecule has 4 nitrogen and oxygen atoms in total. The highest BCUT2D eigenvalue weighted by molar-refractivity contribution is 6.55. The zero-order chi connectivity index (χ0) is 20.6. The van der Waals surface area contributed by atoms with Crippen LogP contribution in [-0.2, 0) is 11.0 Å². The van der Waals surface area contributed by atoms with Crippen molar-refractivity contribution in [1.82, 2.24) is 0 Å². The molecule has 0 spiro atoms. The van der Waals surface area contributed by atoms with Gasteiger partial charge >= 0.3 is 6.18 Å². The van der Waals surface area contributed by atoms with Crippen molar-refractivity contribution in [1.29, 1.82) is 0 Å². The number of amides is 1. The maximum atomic E-state index is 13.1. The molecular weight excluding hydrogens is 381 g/mol. The van der Waals surface area contributed by atoms with Gasteiger partial charge in [-0.1, -0.05) is 36.4 Å². The van der Waals surface area contributed by atoms with E-state index in [1.807, 2.05) is 0 Å². The number of anilines is 1. The highest BCUT2D eigenvalue weighted by Crippen LogP contribution is 2.35. The Labute approximate surface area is 163 Å². The van der Waals surface area contributed by atoms with Crippen molar-refractivity contribution in [3.63, 3.8) is 0 Å². The number of rotatable bonds is 2. The van der Waals surface area contributed by atoms with Crippen LogP contribution < -0.4 is 4.90 Å². The molecule has 0 fully saturated rings. The summed E-state index contributed by atoms with van der Waals surface area (Å²) < 4.78 is 39.0. The number of para-hydroxylation sites is 1. The monoisotopic (exact) mass is 394 g/mol. The fourth-order valence-electron chi connectivity index (χ4n) is 3.07. The zero-order valence-corrected chi connectivity index (χ0v) is 14.8. The molecule has 0 radical (unpaired) electrons. The summed E-state index contributed by atoms with van der Waals surface area (Å²) in [6, 6.07) is 11.3. The van der Waals surface area contributed by atoms with Gasteiger partial charge in [-0.2, -0.15) is 13.2 Å². The van der Waals surface area contributed by atoms with Crippen molar-refractivity contribution in [2.45, 2.75) is 6.18 Å². The summed E-state index contributed by atoms with van der Waals surface area (Å²) >= 11 is 0. The number of carbonyl (C=O) groups is 1. The highest BCUT2D eigenvalue weighted by atomic mass is 19.4. The minimum absolute atomic E-state index is 0.0133. The van der Waals surface area contributed by atoms with E-state index in [0.29, 0.717) is 16.9 Å². The van der Waals surface area contributed by atoms with Gasteiger partial charge in [-0.3, -0.25) is 9.69 Å². The third-order valence-corrected chi connectivity index (χ3v) is 4.34. The first-order chi connectivity index (χ1) is 13.8. The van der Waals surface area contributed by atoms with Crippen molar-refractivity contribution in [2.24, 2.45) is 4.99 Å². The van der Waals surface area contributed by atoms with Crippen LogP contribution in [0.3, 0.4) is 0 Å². The molecule has 144 valence electrons. The Morgan fingerprint density at radius 3 is 2.55 bits per heavy atom. The SMILES string of the molecule is O=C1C(=Nc2cccc(C(F)(F)F)c2)c2ccccc2N1C1=C=C(O)C=CC=C1. The minimum Gasteiger partial charge on any atom is -0.501 e. The average Bonchev–Trinajstić information content (AvgIpc) is 2.81. The molecule has 0 saturated carbocycles. The van der Waals surface area contributed by atoms with E-state index < -0.39 is 17.6 Å². The molecule has 1 aliphatic heterocycles. The lowest BCUT2D eigenvalue weighted by Gasteiger charge is -2.15. The first-order valence-corrected chi connectivity index (χ1v) is 8.59. The number of benzene rings is 2. The molecule has 0 atom stereocenters. The van der Waals surface area contributed by atoms with Crippen LogP contribution in [0.25, 0.3) is 0 Å². The van der Waals surface area contributed by atoms with E-state index in [4.69, 9.17) is 0 Å². The van der Waals surface area contributed by atoms with E-state index in [1.54, 1.807) is 42.5 Å². The van der Waals surface area contributed by atoms with Crippen LogP contribution in [0, 0.1) is 0 Å². The number of hydrogen-bond donors (Lipinski definition) is 1. The summed E-state index contributed by atoms with van der Waals surface area (Å²) in [5.41, 5.74) is 3.19. The maximum absolute atomic E-state index is 13.1. The number of carbonyl (C=O) groups excluding carboxylic acids is 1. The Balaban J connectivity index is 1.84. The van der Waals surface area contributed by atoms with Crippen LogP contribution in [-0.4, -0.2) is 16.7 Å². The lowest BCUT2D eigenvalue weighted by atomic mass is 10.1. The van der Waals surface area contributed by atoms with Crippen LogP contribution in [0.4, 0.5) is 24.5 Å². The lowest BCUT2D eigenvalue weighted by Crippen LogP contribution is -2.28. The van der Waals surface area contributed by atoms with E-state index in [2.05, 4.69) is 10.7 Å². The molecule has 4 rings (SSSR count). The molecule has 2 aliphatic rings. The van der Waals surface area contributed by atoms with Crippen molar-refractivity contribution < 1.29 is 23.1 Å². The van der Waals surface area contributed by atoms with Crippen LogP contribution >= 0.6 is 0 Å². The van der Waals surface area contributed by atoms with Gasteiger partial charge in [0, 0.05) is 5.56 Å². The quantitative estimate of drug-likeness (QED) is 0.710. The first-order valence-electron chi connectivity index (χ1n) is 8.59. The molecule has 1 aliphatic carbocycles. The predicted octanol–water partition coefficient (Wildman–Crippen LogP) is 5.22. The zero-order valence-electron chi connectivity index (χ0n) is 14.8.